The number of carbonyl (C=O) groups excluding carboxylic acids is 1. The number of piperazine rings is 1. The van der Waals surface area contributed by atoms with Gasteiger partial charge in [-0.3, -0.25) is 4.79 Å². The molecule has 3 aliphatic rings. The van der Waals surface area contributed by atoms with E-state index < -0.39 is 23.7 Å². The fraction of sp³-hybridized carbons (Fsp3) is 0.577. The summed E-state index contributed by atoms with van der Waals surface area (Å²) in [5, 5.41) is 13.5. The van der Waals surface area contributed by atoms with Gasteiger partial charge in [0.2, 0.25) is 5.91 Å². The molecule has 2 saturated heterocycles. The summed E-state index contributed by atoms with van der Waals surface area (Å²) in [6, 6.07) is 1.71. The van der Waals surface area contributed by atoms with Crippen LogP contribution in [0.25, 0.3) is 0 Å². The summed E-state index contributed by atoms with van der Waals surface area (Å²) in [4.78, 5) is 26.5. The molecule has 1 amide bonds. The Morgan fingerprint density at radius 1 is 1.19 bits per heavy atom. The lowest BCUT2D eigenvalue weighted by Crippen LogP contribution is -2.53. The second kappa shape index (κ2) is 9.50. The number of amides is 1. The first-order valence-corrected chi connectivity index (χ1v) is 12.9. The van der Waals surface area contributed by atoms with E-state index in [4.69, 9.17) is 11.6 Å². The number of rotatable bonds is 4. The van der Waals surface area contributed by atoms with Gasteiger partial charge in [-0.05, 0) is 51.2 Å². The molecule has 2 aliphatic heterocycles. The maximum absolute atomic E-state index is 15.0. The second-order valence-electron chi connectivity index (χ2n) is 10.9. The molecule has 1 aliphatic carbocycles. The number of anilines is 1. The number of halogens is 3. The van der Waals surface area contributed by atoms with Gasteiger partial charge < -0.3 is 20.2 Å². The van der Waals surface area contributed by atoms with Crippen LogP contribution in [0, 0.1) is 11.6 Å². The van der Waals surface area contributed by atoms with Crippen molar-refractivity contribution in [2.45, 2.75) is 69.6 Å². The van der Waals surface area contributed by atoms with E-state index in [1.54, 1.807) is 4.90 Å². The summed E-state index contributed by atoms with van der Waals surface area (Å²) in [6.07, 6.45) is 3.03. The van der Waals surface area contributed by atoms with E-state index in [1.165, 1.54) is 6.33 Å². The van der Waals surface area contributed by atoms with Crippen LogP contribution in [0.15, 0.2) is 18.5 Å². The number of aliphatic hydroxyl groups excluding tert-OH is 1. The number of hydrogen-bond donors (Lipinski definition) is 2. The van der Waals surface area contributed by atoms with Crippen molar-refractivity contribution in [2.75, 3.05) is 31.1 Å². The van der Waals surface area contributed by atoms with Crippen molar-refractivity contribution in [2.24, 2.45) is 0 Å². The number of hydrogen-bond acceptors (Lipinski definition) is 6. The quantitative estimate of drug-likeness (QED) is 0.596. The predicted octanol–water partition coefficient (Wildman–Crippen LogP) is 3.91. The van der Waals surface area contributed by atoms with Gasteiger partial charge in [0, 0.05) is 48.9 Å². The molecule has 2 aromatic rings. The number of fused-ring (bicyclic) bond motifs is 1. The minimum Gasteiger partial charge on any atom is -0.387 e. The van der Waals surface area contributed by atoms with Gasteiger partial charge in [0.25, 0.3) is 0 Å². The van der Waals surface area contributed by atoms with Crippen LogP contribution in [0.5, 0.6) is 0 Å². The molecule has 1 aromatic heterocycles. The predicted molar refractivity (Wildman–Crippen MR) is 133 cm³/mol. The van der Waals surface area contributed by atoms with Gasteiger partial charge in [-0.15, -0.1) is 0 Å². The molecule has 5 rings (SSSR count). The number of carbonyl (C=O) groups is 1. The average molecular weight is 520 g/mol. The molecule has 0 bridgehead atoms. The zero-order valence-electron chi connectivity index (χ0n) is 20.8. The topological polar surface area (TPSA) is 81.6 Å². The first-order valence-electron chi connectivity index (χ1n) is 12.5. The van der Waals surface area contributed by atoms with Crippen LogP contribution in [0.4, 0.5) is 14.6 Å². The Hall–Kier alpha value is -2.36. The Balaban J connectivity index is 1.38. The Morgan fingerprint density at radius 2 is 1.92 bits per heavy atom. The number of aliphatic hydroxyl groups is 1. The van der Waals surface area contributed by atoms with E-state index in [0.29, 0.717) is 44.7 Å². The summed E-state index contributed by atoms with van der Waals surface area (Å²) in [6.45, 7) is 8.10. The summed E-state index contributed by atoms with van der Waals surface area (Å²) < 4.78 is 29.4. The third-order valence-corrected chi connectivity index (χ3v) is 8.16. The molecular weight excluding hydrogens is 488 g/mol. The van der Waals surface area contributed by atoms with Gasteiger partial charge in [0.1, 0.15) is 23.8 Å². The van der Waals surface area contributed by atoms with Crippen molar-refractivity contribution < 1.29 is 18.7 Å². The van der Waals surface area contributed by atoms with Gasteiger partial charge in [-0.1, -0.05) is 18.5 Å². The number of aromatic nitrogens is 2. The monoisotopic (exact) mass is 519 g/mol. The minimum atomic E-state index is -0.858. The fourth-order valence-corrected chi connectivity index (χ4v) is 6.15. The molecule has 0 saturated carbocycles. The summed E-state index contributed by atoms with van der Waals surface area (Å²) in [7, 11) is 0. The van der Waals surface area contributed by atoms with Crippen LogP contribution in [-0.4, -0.2) is 63.6 Å². The highest BCUT2D eigenvalue weighted by Gasteiger charge is 2.42. The van der Waals surface area contributed by atoms with Crippen LogP contribution >= 0.6 is 11.6 Å². The van der Waals surface area contributed by atoms with E-state index in [-0.39, 0.29) is 34.0 Å². The second-order valence-corrected chi connectivity index (χ2v) is 11.3. The van der Waals surface area contributed by atoms with Gasteiger partial charge >= 0.3 is 0 Å². The normalized spacial score (nSPS) is 26.2. The van der Waals surface area contributed by atoms with E-state index in [1.807, 2.05) is 13.8 Å². The first kappa shape index (κ1) is 25.3. The minimum absolute atomic E-state index is 0.0379. The Morgan fingerprint density at radius 3 is 2.58 bits per heavy atom. The molecule has 7 nitrogen and oxygen atoms in total. The summed E-state index contributed by atoms with van der Waals surface area (Å²) >= 11 is 5.80. The Bertz CT molecular complexity index is 1170. The van der Waals surface area contributed by atoms with Crippen molar-refractivity contribution in [1.82, 2.24) is 20.2 Å². The van der Waals surface area contributed by atoms with Crippen molar-refractivity contribution in [3.05, 3.63) is 51.9 Å². The van der Waals surface area contributed by atoms with Gasteiger partial charge in [-0.2, -0.15) is 0 Å². The van der Waals surface area contributed by atoms with Gasteiger partial charge in [0.05, 0.1) is 22.7 Å². The number of benzene rings is 1. The van der Waals surface area contributed by atoms with E-state index in [2.05, 4.69) is 27.1 Å². The largest absolute Gasteiger partial charge is 0.387 e. The Kier molecular flexibility index (Phi) is 6.68. The smallest absolute Gasteiger partial charge is 0.231 e. The van der Waals surface area contributed by atoms with E-state index >= 15 is 4.39 Å². The number of nitrogens with one attached hydrogen (secondary N) is 1. The highest BCUT2D eigenvalue weighted by Crippen LogP contribution is 2.43. The van der Waals surface area contributed by atoms with Gasteiger partial charge in [0.15, 0.2) is 0 Å². The van der Waals surface area contributed by atoms with Crippen LogP contribution in [-0.2, 0) is 4.79 Å². The first-order chi connectivity index (χ1) is 17.1. The molecule has 1 aromatic carbocycles. The third kappa shape index (κ3) is 4.57. The molecule has 0 spiro atoms. The lowest BCUT2D eigenvalue weighted by Gasteiger charge is -2.39. The Labute approximate surface area is 214 Å². The molecule has 2 fully saturated rings. The lowest BCUT2D eigenvalue weighted by atomic mass is 9.88. The summed E-state index contributed by atoms with van der Waals surface area (Å²) in [5.41, 5.74) is 1.49. The van der Waals surface area contributed by atoms with E-state index in [0.717, 1.165) is 29.9 Å². The molecule has 3 heterocycles. The zero-order valence-corrected chi connectivity index (χ0v) is 21.5. The zero-order chi connectivity index (χ0) is 25.8. The van der Waals surface area contributed by atoms with Crippen molar-refractivity contribution in [3.63, 3.8) is 0 Å². The SMILES string of the molecule is C[C@@H]1C[C@@H](O)c2ncnc(N3CCN(C(=O)C(c4cc(F)c(Cl)cc4F)C4CCC(C)(C)N4)CC3)c21. The van der Waals surface area contributed by atoms with Crippen LogP contribution < -0.4 is 10.2 Å². The molecular formula is C26H32ClF2N5O2. The van der Waals surface area contributed by atoms with Crippen molar-refractivity contribution in [3.8, 4) is 0 Å². The highest BCUT2D eigenvalue weighted by atomic mass is 35.5. The molecule has 0 radical (unpaired) electrons. The fourth-order valence-electron chi connectivity index (χ4n) is 6.00. The standard InChI is InChI=1S/C26H32ClF2N5O2/c1-14-10-20(35)23-21(14)24(31-13-30-23)33-6-8-34(9-7-33)25(36)22(19-4-5-26(2,3)32-19)15-11-18(29)16(27)12-17(15)28/h11-14,19-20,22,32,35H,4-10H2,1-3H3/t14-,19?,20-,22?/m1/s1. The van der Waals surface area contributed by atoms with Gasteiger partial charge in [-0.25, -0.2) is 18.7 Å². The van der Waals surface area contributed by atoms with Crippen LogP contribution in [0.2, 0.25) is 5.02 Å². The molecule has 2 N–H and O–H groups in total. The third-order valence-electron chi connectivity index (χ3n) is 7.87. The summed E-state index contributed by atoms with van der Waals surface area (Å²) in [5.74, 6) is -1.53. The van der Waals surface area contributed by atoms with E-state index in [9.17, 15) is 14.3 Å². The number of nitrogens with zero attached hydrogens (tertiary/aromatic N) is 4. The molecule has 194 valence electrons. The average Bonchev–Trinajstić information content (AvgIpc) is 3.35. The maximum atomic E-state index is 15.0. The molecule has 2 unspecified atom stereocenters. The highest BCUT2D eigenvalue weighted by molar-refractivity contribution is 6.30. The molecule has 36 heavy (non-hydrogen) atoms. The molecule has 4 atom stereocenters. The molecule has 10 heteroatoms. The maximum Gasteiger partial charge on any atom is 0.231 e. The van der Waals surface area contributed by atoms with Crippen molar-refractivity contribution in [1.29, 1.82) is 0 Å². The van der Waals surface area contributed by atoms with Crippen LogP contribution in [0.3, 0.4) is 0 Å². The van der Waals surface area contributed by atoms with Crippen molar-refractivity contribution >= 4 is 23.3 Å². The lowest BCUT2D eigenvalue weighted by molar-refractivity contribution is -0.133. The van der Waals surface area contributed by atoms with Crippen LogP contribution in [0.1, 0.15) is 74.8 Å².